The van der Waals surface area contributed by atoms with Crippen molar-refractivity contribution in [2.24, 2.45) is 0 Å². The summed E-state index contributed by atoms with van der Waals surface area (Å²) >= 11 is 5.48. The molecule has 1 rings (SSSR count). The van der Waals surface area contributed by atoms with Crippen molar-refractivity contribution in [3.8, 4) is 0 Å². The van der Waals surface area contributed by atoms with Crippen LogP contribution in [-0.4, -0.2) is 26.0 Å². The summed E-state index contributed by atoms with van der Waals surface area (Å²) in [5.74, 6) is 1.10. The lowest BCUT2D eigenvalue weighted by atomic mass is 10.1. The second kappa shape index (κ2) is 9.81. The summed E-state index contributed by atoms with van der Waals surface area (Å²) in [5, 5.41) is 3.56. The molecule has 108 valence electrons. The van der Waals surface area contributed by atoms with Crippen LogP contribution in [-0.2, 0) is 4.74 Å². The molecule has 0 amide bonds. The van der Waals surface area contributed by atoms with Gasteiger partial charge in [0.1, 0.15) is 0 Å². The molecule has 1 atom stereocenters. The van der Waals surface area contributed by atoms with E-state index in [1.54, 1.807) is 7.11 Å². The first-order valence-electron chi connectivity index (χ1n) is 6.83. The minimum absolute atomic E-state index is 0.401. The second-order valence-electron chi connectivity index (χ2n) is 4.55. The van der Waals surface area contributed by atoms with Crippen LogP contribution in [0.1, 0.15) is 38.3 Å². The fourth-order valence-corrected chi connectivity index (χ4v) is 3.46. The monoisotopic (exact) mass is 345 g/mol. The van der Waals surface area contributed by atoms with Gasteiger partial charge < -0.3 is 10.1 Å². The topological polar surface area (TPSA) is 21.3 Å². The molecule has 1 unspecified atom stereocenters. The standard InChI is InChI=1S/C15H24BrNOS/c1-4-8-17-12(2)14-7-6-13(16)11-15(14)19-10-5-9-18-3/h6-7,11-12,17H,4-5,8-10H2,1-3H3. The number of ether oxygens (including phenoxy) is 1. The third-order valence-electron chi connectivity index (χ3n) is 2.89. The molecule has 0 heterocycles. The number of benzene rings is 1. The Kier molecular flexibility index (Phi) is 8.79. The van der Waals surface area contributed by atoms with Crippen LogP contribution in [0.3, 0.4) is 0 Å². The predicted octanol–water partition coefficient (Wildman–Crippen LogP) is 4.64. The highest BCUT2D eigenvalue weighted by atomic mass is 79.9. The maximum Gasteiger partial charge on any atom is 0.0470 e. The van der Waals surface area contributed by atoms with Gasteiger partial charge in [0.05, 0.1) is 0 Å². The first kappa shape index (κ1) is 17.0. The van der Waals surface area contributed by atoms with Crippen molar-refractivity contribution in [3.63, 3.8) is 0 Å². The van der Waals surface area contributed by atoms with Gasteiger partial charge in [-0.15, -0.1) is 11.8 Å². The number of hydrogen-bond acceptors (Lipinski definition) is 3. The summed E-state index contributed by atoms with van der Waals surface area (Å²) in [6.07, 6.45) is 2.25. The zero-order valence-corrected chi connectivity index (χ0v) is 14.4. The number of halogens is 1. The van der Waals surface area contributed by atoms with Gasteiger partial charge in [-0.25, -0.2) is 0 Å². The molecular formula is C15H24BrNOS. The molecule has 0 saturated heterocycles. The highest BCUT2D eigenvalue weighted by Crippen LogP contribution is 2.30. The summed E-state index contributed by atoms with van der Waals surface area (Å²) in [5.41, 5.74) is 1.39. The number of hydrogen-bond donors (Lipinski definition) is 1. The Bertz CT molecular complexity index is 373. The molecule has 2 nitrogen and oxygen atoms in total. The van der Waals surface area contributed by atoms with E-state index in [9.17, 15) is 0 Å². The molecule has 0 aliphatic rings. The van der Waals surface area contributed by atoms with Crippen LogP contribution in [0, 0.1) is 0 Å². The Labute approximate surface area is 129 Å². The summed E-state index contributed by atoms with van der Waals surface area (Å²) in [7, 11) is 1.76. The van der Waals surface area contributed by atoms with Crippen LogP contribution < -0.4 is 5.32 Å². The van der Waals surface area contributed by atoms with E-state index >= 15 is 0 Å². The molecule has 0 aliphatic carbocycles. The van der Waals surface area contributed by atoms with Gasteiger partial charge in [-0.3, -0.25) is 0 Å². The van der Waals surface area contributed by atoms with E-state index in [2.05, 4.69) is 53.3 Å². The predicted molar refractivity (Wildman–Crippen MR) is 88.1 cm³/mol. The van der Waals surface area contributed by atoms with E-state index < -0.39 is 0 Å². The Morgan fingerprint density at radius 3 is 2.89 bits per heavy atom. The zero-order valence-electron chi connectivity index (χ0n) is 12.0. The molecule has 1 aromatic rings. The maximum absolute atomic E-state index is 5.10. The quantitative estimate of drug-likeness (QED) is 0.520. The lowest BCUT2D eigenvalue weighted by molar-refractivity contribution is 0.200. The number of thioether (sulfide) groups is 1. The van der Waals surface area contributed by atoms with Crippen molar-refractivity contribution >= 4 is 27.7 Å². The van der Waals surface area contributed by atoms with Gasteiger partial charge >= 0.3 is 0 Å². The van der Waals surface area contributed by atoms with E-state index in [0.717, 1.165) is 36.2 Å². The molecule has 1 N–H and O–H groups in total. The molecule has 0 spiro atoms. The lowest BCUT2D eigenvalue weighted by Crippen LogP contribution is -2.19. The number of rotatable bonds is 9. The van der Waals surface area contributed by atoms with Crippen LogP contribution >= 0.6 is 27.7 Å². The molecule has 4 heteroatoms. The fraction of sp³-hybridized carbons (Fsp3) is 0.600. The van der Waals surface area contributed by atoms with Crippen LogP contribution in [0.15, 0.2) is 27.6 Å². The highest BCUT2D eigenvalue weighted by molar-refractivity contribution is 9.10. The van der Waals surface area contributed by atoms with E-state index in [4.69, 9.17) is 4.74 Å². The van der Waals surface area contributed by atoms with Crippen molar-refractivity contribution < 1.29 is 4.74 Å². The average molecular weight is 346 g/mol. The Morgan fingerprint density at radius 1 is 1.42 bits per heavy atom. The van der Waals surface area contributed by atoms with E-state index in [1.807, 2.05) is 11.8 Å². The summed E-state index contributed by atoms with van der Waals surface area (Å²) in [6.45, 7) is 6.32. The van der Waals surface area contributed by atoms with Crippen molar-refractivity contribution in [3.05, 3.63) is 28.2 Å². The Hall–Kier alpha value is -0.0300. The van der Waals surface area contributed by atoms with Crippen LogP contribution in [0.5, 0.6) is 0 Å². The molecule has 0 saturated carbocycles. The van der Waals surface area contributed by atoms with Gasteiger partial charge in [0.15, 0.2) is 0 Å². The molecule has 0 fully saturated rings. The van der Waals surface area contributed by atoms with Gasteiger partial charge in [-0.1, -0.05) is 28.9 Å². The summed E-state index contributed by atoms with van der Waals surface area (Å²) < 4.78 is 6.25. The fourth-order valence-electron chi connectivity index (χ4n) is 1.85. The third-order valence-corrected chi connectivity index (χ3v) is 4.54. The third kappa shape index (κ3) is 6.30. The van der Waals surface area contributed by atoms with Crippen LogP contribution in [0.2, 0.25) is 0 Å². The zero-order chi connectivity index (χ0) is 14.1. The highest BCUT2D eigenvalue weighted by Gasteiger charge is 2.10. The maximum atomic E-state index is 5.10. The van der Waals surface area contributed by atoms with E-state index in [0.29, 0.717) is 6.04 Å². The Morgan fingerprint density at radius 2 is 2.21 bits per heavy atom. The van der Waals surface area contributed by atoms with Crippen molar-refractivity contribution in [1.82, 2.24) is 5.32 Å². The number of nitrogens with one attached hydrogen (secondary N) is 1. The molecule has 0 radical (unpaired) electrons. The van der Waals surface area contributed by atoms with Gasteiger partial charge in [0, 0.05) is 34.9 Å². The van der Waals surface area contributed by atoms with Crippen molar-refractivity contribution in [2.75, 3.05) is 26.0 Å². The van der Waals surface area contributed by atoms with E-state index in [-0.39, 0.29) is 0 Å². The molecule has 0 aliphatic heterocycles. The van der Waals surface area contributed by atoms with Crippen molar-refractivity contribution in [2.45, 2.75) is 37.6 Å². The van der Waals surface area contributed by atoms with Gasteiger partial charge in [0.25, 0.3) is 0 Å². The molecule has 19 heavy (non-hydrogen) atoms. The minimum Gasteiger partial charge on any atom is -0.385 e. The second-order valence-corrected chi connectivity index (χ2v) is 6.61. The molecule has 0 bridgehead atoms. The normalized spacial score (nSPS) is 12.6. The van der Waals surface area contributed by atoms with Gasteiger partial charge in [-0.2, -0.15) is 0 Å². The SMILES string of the molecule is CCCNC(C)c1ccc(Br)cc1SCCCOC. The van der Waals surface area contributed by atoms with Crippen LogP contribution in [0.25, 0.3) is 0 Å². The summed E-state index contributed by atoms with van der Waals surface area (Å²) in [4.78, 5) is 1.36. The average Bonchev–Trinajstić information content (AvgIpc) is 2.41. The summed E-state index contributed by atoms with van der Waals surface area (Å²) in [6, 6.07) is 6.96. The first-order valence-corrected chi connectivity index (χ1v) is 8.61. The van der Waals surface area contributed by atoms with E-state index in [1.165, 1.54) is 10.5 Å². The van der Waals surface area contributed by atoms with Gasteiger partial charge in [0.2, 0.25) is 0 Å². The van der Waals surface area contributed by atoms with Crippen molar-refractivity contribution in [1.29, 1.82) is 0 Å². The molecular weight excluding hydrogens is 322 g/mol. The largest absolute Gasteiger partial charge is 0.385 e. The van der Waals surface area contributed by atoms with Crippen LogP contribution in [0.4, 0.5) is 0 Å². The molecule has 0 aromatic heterocycles. The minimum atomic E-state index is 0.401. The van der Waals surface area contributed by atoms with Gasteiger partial charge in [-0.05, 0) is 44.0 Å². The Balaban J connectivity index is 2.67. The lowest BCUT2D eigenvalue weighted by Gasteiger charge is -2.18. The number of methoxy groups -OCH3 is 1. The smallest absolute Gasteiger partial charge is 0.0470 e. The molecule has 1 aromatic carbocycles. The first-order chi connectivity index (χ1) is 9.19.